The third kappa shape index (κ3) is 2.33. The van der Waals surface area contributed by atoms with Crippen molar-refractivity contribution in [3.05, 3.63) is 67.5 Å². The molecule has 94 valence electrons. The molecular weight excluding hydrogens is 266 g/mol. The second-order valence-corrected chi connectivity index (χ2v) is 3.98. The Bertz CT molecular complexity index is 709. The van der Waals surface area contributed by atoms with Gasteiger partial charge >= 0.3 is 5.69 Å². The number of nitrogens with zero attached hydrogens (tertiary/aromatic N) is 1. The predicted octanol–water partition coefficient (Wildman–Crippen LogP) is 1.52. The number of nitrogens with one attached hydrogen (secondary N) is 1. The molecule has 2 rings (SSSR count). The van der Waals surface area contributed by atoms with E-state index in [1.807, 2.05) is 4.98 Å². The van der Waals surface area contributed by atoms with Crippen molar-refractivity contribution in [2.75, 3.05) is 0 Å². The summed E-state index contributed by atoms with van der Waals surface area (Å²) in [5, 5.41) is -0.202. The topological polar surface area (TPSA) is 54.9 Å². The van der Waals surface area contributed by atoms with Crippen molar-refractivity contribution in [1.29, 1.82) is 0 Å². The van der Waals surface area contributed by atoms with Gasteiger partial charge in [-0.2, -0.15) is 0 Å². The van der Waals surface area contributed by atoms with Crippen molar-refractivity contribution in [1.82, 2.24) is 9.55 Å². The van der Waals surface area contributed by atoms with Gasteiger partial charge in [-0.3, -0.25) is 14.3 Å². The lowest BCUT2D eigenvalue weighted by atomic mass is 10.2. The Kier molecular flexibility index (Phi) is 3.29. The van der Waals surface area contributed by atoms with Crippen molar-refractivity contribution in [3.8, 4) is 0 Å². The number of halogens is 3. The quantitative estimate of drug-likeness (QED) is 0.901. The Balaban J connectivity index is 2.47. The number of hydrogen-bond acceptors (Lipinski definition) is 2. The number of aromatic nitrogens is 2. The van der Waals surface area contributed by atoms with Crippen LogP contribution in [0.4, 0.5) is 8.78 Å². The zero-order valence-corrected chi connectivity index (χ0v) is 9.67. The summed E-state index contributed by atoms with van der Waals surface area (Å²) in [4.78, 5) is 24.4. The van der Waals surface area contributed by atoms with Crippen LogP contribution in [0.2, 0.25) is 5.02 Å². The third-order valence-electron chi connectivity index (χ3n) is 2.34. The summed E-state index contributed by atoms with van der Waals surface area (Å²) in [5.41, 5.74) is -1.48. The van der Waals surface area contributed by atoms with Crippen molar-refractivity contribution in [2.24, 2.45) is 0 Å². The Labute approximate surface area is 104 Å². The van der Waals surface area contributed by atoms with Crippen LogP contribution in [0.15, 0.2) is 34.0 Å². The third-order valence-corrected chi connectivity index (χ3v) is 2.61. The predicted molar refractivity (Wildman–Crippen MR) is 61.8 cm³/mol. The van der Waals surface area contributed by atoms with E-state index in [1.54, 1.807) is 0 Å². The minimum Gasteiger partial charge on any atom is -0.295 e. The Hall–Kier alpha value is -1.95. The van der Waals surface area contributed by atoms with Crippen LogP contribution < -0.4 is 11.2 Å². The second kappa shape index (κ2) is 4.73. The van der Waals surface area contributed by atoms with Crippen LogP contribution in [0.25, 0.3) is 0 Å². The molecule has 1 N–H and O–H groups in total. The van der Waals surface area contributed by atoms with E-state index in [4.69, 9.17) is 11.6 Å². The van der Waals surface area contributed by atoms with Gasteiger partial charge in [0.15, 0.2) is 11.6 Å². The van der Waals surface area contributed by atoms with Gasteiger partial charge in [0.05, 0.1) is 6.54 Å². The molecule has 0 fully saturated rings. The van der Waals surface area contributed by atoms with Crippen molar-refractivity contribution < 1.29 is 8.78 Å². The summed E-state index contributed by atoms with van der Waals surface area (Å²) in [6.07, 6.45) is 1.08. The van der Waals surface area contributed by atoms with E-state index in [0.29, 0.717) is 0 Å². The Morgan fingerprint density at radius 1 is 1.28 bits per heavy atom. The number of rotatable bonds is 2. The van der Waals surface area contributed by atoms with E-state index < -0.39 is 22.9 Å². The summed E-state index contributed by atoms with van der Waals surface area (Å²) in [6.45, 7) is -0.223. The Morgan fingerprint density at radius 2 is 2.00 bits per heavy atom. The maximum absolute atomic E-state index is 13.4. The van der Waals surface area contributed by atoms with E-state index in [-0.39, 0.29) is 17.1 Å². The molecule has 0 spiro atoms. The summed E-state index contributed by atoms with van der Waals surface area (Å²) < 4.78 is 27.4. The second-order valence-electron chi connectivity index (χ2n) is 3.58. The normalized spacial score (nSPS) is 10.6. The van der Waals surface area contributed by atoms with Gasteiger partial charge in [0.2, 0.25) is 0 Å². The van der Waals surface area contributed by atoms with E-state index in [2.05, 4.69) is 0 Å². The lowest BCUT2D eigenvalue weighted by molar-refractivity contribution is 0.494. The van der Waals surface area contributed by atoms with Crippen LogP contribution in [0, 0.1) is 11.6 Å². The van der Waals surface area contributed by atoms with E-state index in [1.165, 1.54) is 12.1 Å². The maximum atomic E-state index is 13.4. The first-order valence-corrected chi connectivity index (χ1v) is 5.29. The molecule has 0 aliphatic carbocycles. The number of aromatic amines is 1. The summed E-state index contributed by atoms with van der Waals surface area (Å²) in [7, 11) is 0. The Morgan fingerprint density at radius 3 is 2.72 bits per heavy atom. The van der Waals surface area contributed by atoms with Gasteiger partial charge in [0.1, 0.15) is 5.02 Å². The minimum atomic E-state index is -1.04. The van der Waals surface area contributed by atoms with Crippen LogP contribution in [-0.4, -0.2) is 9.55 Å². The SMILES string of the molecule is O=c1[nH]c(=O)n(Cc2cccc(F)c2F)cc1Cl. The fraction of sp³-hybridized carbons (Fsp3) is 0.0909. The molecule has 18 heavy (non-hydrogen) atoms. The number of H-pyrrole nitrogens is 1. The lowest BCUT2D eigenvalue weighted by Crippen LogP contribution is -2.30. The van der Waals surface area contributed by atoms with Gasteiger partial charge in [0.25, 0.3) is 5.56 Å². The fourth-order valence-corrected chi connectivity index (χ4v) is 1.62. The summed E-state index contributed by atoms with van der Waals surface area (Å²) in [5.74, 6) is -2.04. The molecule has 1 aromatic heterocycles. The average molecular weight is 273 g/mol. The molecule has 0 unspecified atom stereocenters. The van der Waals surface area contributed by atoms with Crippen molar-refractivity contribution in [3.63, 3.8) is 0 Å². The summed E-state index contributed by atoms with van der Waals surface area (Å²) >= 11 is 5.55. The molecule has 1 aromatic carbocycles. The first kappa shape index (κ1) is 12.5. The maximum Gasteiger partial charge on any atom is 0.328 e. The molecule has 2 aromatic rings. The van der Waals surface area contributed by atoms with Crippen LogP contribution in [-0.2, 0) is 6.54 Å². The zero-order chi connectivity index (χ0) is 13.3. The van der Waals surface area contributed by atoms with Crippen LogP contribution >= 0.6 is 11.6 Å². The van der Waals surface area contributed by atoms with Crippen molar-refractivity contribution in [2.45, 2.75) is 6.54 Å². The molecular formula is C11H7ClF2N2O2. The molecule has 0 radical (unpaired) electrons. The first-order chi connectivity index (χ1) is 8.49. The monoisotopic (exact) mass is 272 g/mol. The molecule has 0 saturated carbocycles. The van der Waals surface area contributed by atoms with Gasteiger partial charge in [-0.05, 0) is 6.07 Å². The molecule has 0 amide bonds. The fourth-order valence-electron chi connectivity index (χ4n) is 1.45. The highest BCUT2D eigenvalue weighted by molar-refractivity contribution is 6.30. The van der Waals surface area contributed by atoms with Crippen LogP contribution in [0.3, 0.4) is 0 Å². The number of benzene rings is 1. The molecule has 4 nitrogen and oxygen atoms in total. The van der Waals surface area contributed by atoms with Crippen LogP contribution in [0.1, 0.15) is 5.56 Å². The molecule has 0 bridgehead atoms. The van der Waals surface area contributed by atoms with E-state index in [0.717, 1.165) is 16.8 Å². The van der Waals surface area contributed by atoms with Gasteiger partial charge in [0, 0.05) is 11.8 Å². The molecule has 0 saturated heterocycles. The number of hydrogen-bond donors (Lipinski definition) is 1. The zero-order valence-electron chi connectivity index (χ0n) is 8.91. The van der Waals surface area contributed by atoms with Crippen molar-refractivity contribution >= 4 is 11.6 Å². The molecule has 0 aliphatic heterocycles. The van der Waals surface area contributed by atoms with Gasteiger partial charge in [-0.1, -0.05) is 23.7 Å². The molecule has 0 aliphatic rings. The minimum absolute atomic E-state index is 0.0137. The van der Waals surface area contributed by atoms with Gasteiger partial charge < -0.3 is 0 Å². The molecule has 0 atom stereocenters. The van der Waals surface area contributed by atoms with E-state index >= 15 is 0 Å². The lowest BCUT2D eigenvalue weighted by Gasteiger charge is -2.06. The highest BCUT2D eigenvalue weighted by atomic mass is 35.5. The smallest absolute Gasteiger partial charge is 0.295 e. The molecule has 7 heteroatoms. The van der Waals surface area contributed by atoms with Gasteiger partial charge in [-0.25, -0.2) is 13.6 Å². The van der Waals surface area contributed by atoms with E-state index in [9.17, 15) is 18.4 Å². The largest absolute Gasteiger partial charge is 0.328 e. The van der Waals surface area contributed by atoms with Crippen LogP contribution in [0.5, 0.6) is 0 Å². The first-order valence-electron chi connectivity index (χ1n) is 4.91. The molecule has 1 heterocycles. The standard InChI is InChI=1S/C11H7ClF2N2O2/c12-7-5-16(11(18)15-10(7)17)4-6-2-1-3-8(13)9(6)14/h1-3,5H,4H2,(H,15,17,18). The average Bonchev–Trinajstić information content (AvgIpc) is 2.32. The summed E-state index contributed by atoms with van der Waals surface area (Å²) in [6, 6.07) is 3.64. The van der Waals surface area contributed by atoms with Gasteiger partial charge in [-0.15, -0.1) is 0 Å². The highest BCUT2D eigenvalue weighted by Gasteiger charge is 2.09. The highest BCUT2D eigenvalue weighted by Crippen LogP contribution is 2.12.